The van der Waals surface area contributed by atoms with Crippen LogP contribution in [0.5, 0.6) is 17.2 Å². The number of phenolic OH excluding ortho intramolecular Hbond substituents is 1. The molecule has 0 bridgehead atoms. The Balaban J connectivity index is 1.94. The Morgan fingerprint density at radius 3 is 2.50 bits per heavy atom. The standard InChI is InChI=1S/C22H25NO7/c1-14-15(2)20(10-8-18(14)23(27)28)30-11-5-4-6-17(22(25)26)12-16-7-9-19(24)21(13-16)29-3/h7-10,12-13,24H,4-6,11H2,1-3H3,(H,25,26). The van der Waals surface area contributed by atoms with Crippen molar-refractivity contribution in [2.45, 2.75) is 33.1 Å². The van der Waals surface area contributed by atoms with E-state index < -0.39 is 10.9 Å². The van der Waals surface area contributed by atoms with Crippen molar-refractivity contribution in [3.05, 3.63) is 62.7 Å². The second-order valence-corrected chi connectivity index (χ2v) is 6.80. The molecule has 0 aliphatic carbocycles. The summed E-state index contributed by atoms with van der Waals surface area (Å²) >= 11 is 0. The molecule has 0 amide bonds. The van der Waals surface area contributed by atoms with Crippen LogP contribution in [0.25, 0.3) is 6.08 Å². The molecule has 8 nitrogen and oxygen atoms in total. The number of nitrogens with zero attached hydrogens (tertiary/aromatic N) is 1. The summed E-state index contributed by atoms with van der Waals surface area (Å²) in [5.41, 5.74) is 2.21. The first kappa shape index (κ1) is 22.7. The van der Waals surface area contributed by atoms with E-state index in [1.807, 2.05) is 0 Å². The van der Waals surface area contributed by atoms with Crippen molar-refractivity contribution in [2.75, 3.05) is 13.7 Å². The van der Waals surface area contributed by atoms with Gasteiger partial charge in [-0.25, -0.2) is 4.79 Å². The van der Waals surface area contributed by atoms with Crippen LogP contribution in [0, 0.1) is 24.0 Å². The first-order valence-electron chi connectivity index (χ1n) is 9.42. The Kier molecular flexibility index (Phi) is 7.80. The maximum Gasteiger partial charge on any atom is 0.331 e. The minimum absolute atomic E-state index is 0.0135. The van der Waals surface area contributed by atoms with Gasteiger partial charge in [-0.15, -0.1) is 0 Å². The van der Waals surface area contributed by atoms with E-state index in [1.54, 1.807) is 38.1 Å². The van der Waals surface area contributed by atoms with Crippen molar-refractivity contribution < 1.29 is 29.4 Å². The molecule has 0 fully saturated rings. The van der Waals surface area contributed by atoms with E-state index in [9.17, 15) is 25.1 Å². The zero-order chi connectivity index (χ0) is 22.3. The van der Waals surface area contributed by atoms with Crippen molar-refractivity contribution >= 4 is 17.7 Å². The van der Waals surface area contributed by atoms with Gasteiger partial charge in [0.15, 0.2) is 11.5 Å². The van der Waals surface area contributed by atoms with E-state index in [0.717, 1.165) is 5.56 Å². The van der Waals surface area contributed by atoms with Crippen LogP contribution in [0.1, 0.15) is 36.0 Å². The number of rotatable bonds is 10. The molecular formula is C22H25NO7. The molecule has 0 unspecified atom stereocenters. The molecule has 30 heavy (non-hydrogen) atoms. The van der Waals surface area contributed by atoms with E-state index in [2.05, 4.69) is 0 Å². The van der Waals surface area contributed by atoms with Gasteiger partial charge in [0.1, 0.15) is 5.75 Å². The van der Waals surface area contributed by atoms with Crippen LogP contribution in [0.4, 0.5) is 5.69 Å². The second-order valence-electron chi connectivity index (χ2n) is 6.80. The molecule has 0 atom stereocenters. The Labute approximate surface area is 174 Å². The molecule has 0 radical (unpaired) electrons. The predicted octanol–water partition coefficient (Wildman–Crippen LogP) is 4.64. The topological polar surface area (TPSA) is 119 Å². The molecule has 8 heteroatoms. The van der Waals surface area contributed by atoms with Gasteiger partial charge in [-0.1, -0.05) is 6.07 Å². The number of hydrogen-bond acceptors (Lipinski definition) is 6. The number of nitro groups is 1. The van der Waals surface area contributed by atoms with Gasteiger partial charge in [0, 0.05) is 22.8 Å². The van der Waals surface area contributed by atoms with Gasteiger partial charge in [-0.05, 0) is 62.9 Å². The number of hydrogen-bond donors (Lipinski definition) is 2. The van der Waals surface area contributed by atoms with E-state index in [4.69, 9.17) is 9.47 Å². The van der Waals surface area contributed by atoms with Gasteiger partial charge in [0.25, 0.3) is 5.69 Å². The molecule has 0 heterocycles. The lowest BCUT2D eigenvalue weighted by Gasteiger charge is -2.11. The highest BCUT2D eigenvalue weighted by Crippen LogP contribution is 2.29. The van der Waals surface area contributed by atoms with Crippen molar-refractivity contribution in [1.82, 2.24) is 0 Å². The molecular weight excluding hydrogens is 390 g/mol. The molecule has 0 aromatic heterocycles. The predicted molar refractivity (Wildman–Crippen MR) is 112 cm³/mol. The highest BCUT2D eigenvalue weighted by Gasteiger charge is 2.15. The normalized spacial score (nSPS) is 11.2. The highest BCUT2D eigenvalue weighted by atomic mass is 16.6. The summed E-state index contributed by atoms with van der Waals surface area (Å²) in [6.45, 7) is 3.83. The number of benzene rings is 2. The van der Waals surface area contributed by atoms with E-state index in [1.165, 1.54) is 19.2 Å². The van der Waals surface area contributed by atoms with Crippen molar-refractivity contribution in [3.8, 4) is 17.2 Å². The van der Waals surface area contributed by atoms with Crippen molar-refractivity contribution in [1.29, 1.82) is 0 Å². The summed E-state index contributed by atoms with van der Waals surface area (Å²) in [6.07, 6.45) is 3.12. The first-order valence-corrected chi connectivity index (χ1v) is 9.42. The molecule has 0 saturated heterocycles. The minimum Gasteiger partial charge on any atom is -0.504 e. The maximum absolute atomic E-state index is 11.5. The molecule has 0 aliphatic rings. The fraction of sp³-hybridized carbons (Fsp3) is 0.318. The van der Waals surface area contributed by atoms with Crippen LogP contribution in [0.3, 0.4) is 0 Å². The van der Waals surface area contributed by atoms with Gasteiger partial charge in [0.2, 0.25) is 0 Å². The number of carboxylic acid groups (broad SMARTS) is 1. The van der Waals surface area contributed by atoms with Gasteiger partial charge in [0.05, 0.1) is 18.6 Å². The smallest absolute Gasteiger partial charge is 0.331 e. The molecule has 160 valence electrons. The van der Waals surface area contributed by atoms with Crippen LogP contribution in [0.15, 0.2) is 35.9 Å². The number of carboxylic acids is 1. The minimum atomic E-state index is -1.01. The quantitative estimate of drug-likeness (QED) is 0.251. The zero-order valence-corrected chi connectivity index (χ0v) is 17.2. The number of ether oxygens (including phenoxy) is 2. The lowest BCUT2D eigenvalue weighted by Crippen LogP contribution is -2.04. The number of carbonyl (C=O) groups is 1. The van der Waals surface area contributed by atoms with Gasteiger partial charge >= 0.3 is 5.97 Å². The fourth-order valence-electron chi connectivity index (χ4n) is 2.96. The summed E-state index contributed by atoms with van der Waals surface area (Å²) in [4.78, 5) is 22.1. The summed E-state index contributed by atoms with van der Waals surface area (Å²) in [7, 11) is 1.43. The molecule has 0 spiro atoms. The van der Waals surface area contributed by atoms with Crippen LogP contribution in [-0.4, -0.2) is 34.8 Å². The van der Waals surface area contributed by atoms with Gasteiger partial charge in [-0.3, -0.25) is 10.1 Å². The number of aromatic hydroxyl groups is 1. The molecule has 0 saturated carbocycles. The Morgan fingerprint density at radius 1 is 1.13 bits per heavy atom. The highest BCUT2D eigenvalue weighted by molar-refractivity contribution is 5.92. The maximum atomic E-state index is 11.5. The monoisotopic (exact) mass is 415 g/mol. The van der Waals surface area contributed by atoms with E-state index in [-0.39, 0.29) is 22.8 Å². The number of nitro benzene ring substituents is 1. The summed E-state index contributed by atoms with van der Waals surface area (Å²) in [6, 6.07) is 7.65. The molecule has 2 rings (SSSR count). The molecule has 2 N–H and O–H groups in total. The molecule has 2 aromatic rings. The van der Waals surface area contributed by atoms with Crippen LogP contribution >= 0.6 is 0 Å². The van der Waals surface area contributed by atoms with Crippen LogP contribution < -0.4 is 9.47 Å². The van der Waals surface area contributed by atoms with Crippen molar-refractivity contribution in [3.63, 3.8) is 0 Å². The number of aliphatic carboxylic acids is 1. The average molecular weight is 415 g/mol. The average Bonchev–Trinajstić information content (AvgIpc) is 2.70. The summed E-state index contributed by atoms with van der Waals surface area (Å²) in [5.74, 6) is -0.163. The Bertz CT molecular complexity index is 966. The Morgan fingerprint density at radius 2 is 1.87 bits per heavy atom. The fourth-order valence-corrected chi connectivity index (χ4v) is 2.96. The number of unbranched alkanes of at least 4 members (excludes halogenated alkanes) is 1. The van der Waals surface area contributed by atoms with E-state index >= 15 is 0 Å². The third-order valence-electron chi connectivity index (χ3n) is 4.82. The van der Waals surface area contributed by atoms with Crippen LogP contribution in [-0.2, 0) is 4.79 Å². The first-order chi connectivity index (χ1) is 14.2. The number of phenols is 1. The summed E-state index contributed by atoms with van der Waals surface area (Å²) in [5, 5.41) is 30.1. The number of methoxy groups -OCH3 is 1. The molecule has 0 aliphatic heterocycles. The third-order valence-corrected chi connectivity index (χ3v) is 4.82. The summed E-state index contributed by atoms with van der Waals surface area (Å²) < 4.78 is 10.8. The SMILES string of the molecule is COc1cc(C=C(CCCCOc2ccc([N+](=O)[O-])c(C)c2C)C(=O)O)ccc1O. The van der Waals surface area contributed by atoms with Gasteiger partial charge in [-0.2, -0.15) is 0 Å². The lowest BCUT2D eigenvalue weighted by atomic mass is 10.0. The van der Waals surface area contributed by atoms with Gasteiger partial charge < -0.3 is 19.7 Å². The van der Waals surface area contributed by atoms with Crippen molar-refractivity contribution in [2.24, 2.45) is 0 Å². The second kappa shape index (κ2) is 10.3. The Hall–Kier alpha value is -3.55. The van der Waals surface area contributed by atoms with Crippen LogP contribution in [0.2, 0.25) is 0 Å². The largest absolute Gasteiger partial charge is 0.504 e. The molecule has 2 aromatic carbocycles. The lowest BCUT2D eigenvalue weighted by molar-refractivity contribution is -0.385. The zero-order valence-electron chi connectivity index (χ0n) is 17.2. The van der Waals surface area contributed by atoms with E-state index in [0.29, 0.717) is 42.7 Å². The third kappa shape index (κ3) is 5.73.